The number of phenols is 1. The van der Waals surface area contributed by atoms with Crippen LogP contribution in [0.2, 0.25) is 0 Å². The molecule has 1 fully saturated rings. The van der Waals surface area contributed by atoms with Gasteiger partial charge in [-0.2, -0.15) is 0 Å². The van der Waals surface area contributed by atoms with E-state index < -0.39 is 0 Å². The number of amides is 2. The van der Waals surface area contributed by atoms with E-state index >= 15 is 0 Å². The number of carbonyl (C=O) groups excluding carboxylic acids is 2. The van der Waals surface area contributed by atoms with E-state index in [1.165, 1.54) is 19.2 Å². The van der Waals surface area contributed by atoms with Crippen molar-refractivity contribution >= 4 is 39.1 Å². The first-order valence-electron chi connectivity index (χ1n) is 7.78. The smallest absolute Gasteiger partial charge is 0.255 e. The standard InChI is InChI=1S/C18H17BrN2O4/c1-25-15-10-11(9-14(19)17(15)23)18(24)20-12-4-6-13(7-5-12)21-8-2-3-16(21)22/h4-7,9-10,23H,2-3,8H2,1H3,(H,20,24). The van der Waals surface area contributed by atoms with Crippen molar-refractivity contribution < 1.29 is 19.4 Å². The number of rotatable bonds is 4. The zero-order chi connectivity index (χ0) is 18.0. The molecule has 6 nitrogen and oxygen atoms in total. The molecule has 25 heavy (non-hydrogen) atoms. The van der Waals surface area contributed by atoms with E-state index in [1.807, 2.05) is 12.1 Å². The topological polar surface area (TPSA) is 78.9 Å². The zero-order valence-corrected chi connectivity index (χ0v) is 15.2. The molecule has 0 atom stereocenters. The Kier molecular flexibility index (Phi) is 4.94. The summed E-state index contributed by atoms with van der Waals surface area (Å²) in [6.45, 7) is 0.728. The summed E-state index contributed by atoms with van der Waals surface area (Å²) in [5.41, 5.74) is 1.79. The molecule has 3 rings (SSSR count). The Morgan fingerprint density at radius 2 is 2.00 bits per heavy atom. The molecule has 0 spiro atoms. The van der Waals surface area contributed by atoms with Gasteiger partial charge in [-0.15, -0.1) is 0 Å². The second kappa shape index (κ2) is 7.14. The summed E-state index contributed by atoms with van der Waals surface area (Å²) in [6.07, 6.45) is 1.45. The van der Waals surface area contributed by atoms with Crippen LogP contribution in [0.3, 0.4) is 0 Å². The van der Waals surface area contributed by atoms with Crippen LogP contribution in [0.4, 0.5) is 11.4 Å². The molecule has 1 aliphatic heterocycles. The number of phenolic OH excluding ortho intramolecular Hbond substituents is 1. The number of halogens is 1. The molecule has 2 N–H and O–H groups in total. The molecule has 2 amide bonds. The Labute approximate surface area is 153 Å². The Bertz CT molecular complexity index is 821. The van der Waals surface area contributed by atoms with Gasteiger partial charge in [0.15, 0.2) is 11.5 Å². The Morgan fingerprint density at radius 3 is 2.60 bits per heavy atom. The predicted octanol–water partition coefficient (Wildman–Crippen LogP) is 3.54. The van der Waals surface area contributed by atoms with Crippen molar-refractivity contribution in [1.29, 1.82) is 0 Å². The lowest BCUT2D eigenvalue weighted by molar-refractivity contribution is -0.117. The average molecular weight is 405 g/mol. The summed E-state index contributed by atoms with van der Waals surface area (Å²) in [4.78, 5) is 25.9. The number of nitrogens with one attached hydrogen (secondary N) is 1. The van der Waals surface area contributed by atoms with Gasteiger partial charge in [-0.3, -0.25) is 9.59 Å². The molecule has 2 aromatic rings. The fourth-order valence-electron chi connectivity index (χ4n) is 2.71. The summed E-state index contributed by atoms with van der Waals surface area (Å²) < 4.78 is 5.43. The van der Waals surface area contributed by atoms with Crippen molar-refractivity contribution in [3.8, 4) is 11.5 Å². The number of benzene rings is 2. The van der Waals surface area contributed by atoms with Crippen LogP contribution in [0.1, 0.15) is 23.2 Å². The Hall–Kier alpha value is -2.54. The van der Waals surface area contributed by atoms with Gasteiger partial charge in [-0.1, -0.05) is 0 Å². The van der Waals surface area contributed by atoms with Crippen LogP contribution in [-0.4, -0.2) is 30.6 Å². The molecule has 2 aromatic carbocycles. The minimum atomic E-state index is -0.330. The van der Waals surface area contributed by atoms with Crippen LogP contribution in [0.25, 0.3) is 0 Å². The number of hydrogen-bond donors (Lipinski definition) is 2. The van der Waals surface area contributed by atoms with Crippen molar-refractivity contribution in [3.05, 3.63) is 46.4 Å². The highest BCUT2D eigenvalue weighted by atomic mass is 79.9. The van der Waals surface area contributed by atoms with Crippen molar-refractivity contribution in [3.63, 3.8) is 0 Å². The third-order valence-corrected chi connectivity index (χ3v) is 4.63. The number of hydrogen-bond acceptors (Lipinski definition) is 4. The molecule has 1 heterocycles. The highest BCUT2D eigenvalue weighted by molar-refractivity contribution is 9.10. The molecular formula is C18H17BrN2O4. The first-order valence-corrected chi connectivity index (χ1v) is 8.57. The van der Waals surface area contributed by atoms with Crippen LogP contribution >= 0.6 is 15.9 Å². The number of aromatic hydroxyl groups is 1. The van der Waals surface area contributed by atoms with Crippen molar-refractivity contribution in [2.45, 2.75) is 12.8 Å². The van der Waals surface area contributed by atoms with Crippen molar-refractivity contribution in [2.75, 3.05) is 23.9 Å². The highest BCUT2D eigenvalue weighted by Gasteiger charge is 2.21. The van der Waals surface area contributed by atoms with E-state index in [4.69, 9.17) is 4.74 Å². The van der Waals surface area contributed by atoms with E-state index in [-0.39, 0.29) is 23.3 Å². The van der Waals surface area contributed by atoms with Crippen LogP contribution in [0.15, 0.2) is 40.9 Å². The summed E-state index contributed by atoms with van der Waals surface area (Å²) >= 11 is 3.20. The minimum Gasteiger partial charge on any atom is -0.503 e. The normalized spacial score (nSPS) is 13.8. The van der Waals surface area contributed by atoms with Crippen LogP contribution in [-0.2, 0) is 4.79 Å². The van der Waals surface area contributed by atoms with Gasteiger partial charge in [0.25, 0.3) is 5.91 Å². The highest BCUT2D eigenvalue weighted by Crippen LogP contribution is 2.35. The second-order valence-electron chi connectivity index (χ2n) is 5.66. The SMILES string of the molecule is COc1cc(C(=O)Nc2ccc(N3CCCC3=O)cc2)cc(Br)c1O. The van der Waals surface area contributed by atoms with E-state index in [0.717, 1.165) is 18.7 Å². The van der Waals surface area contributed by atoms with Crippen LogP contribution in [0.5, 0.6) is 11.5 Å². The maximum atomic E-state index is 12.4. The molecule has 0 radical (unpaired) electrons. The quantitative estimate of drug-likeness (QED) is 0.816. The number of methoxy groups -OCH3 is 1. The van der Waals surface area contributed by atoms with E-state index in [0.29, 0.717) is 22.1 Å². The molecule has 1 saturated heterocycles. The van der Waals surface area contributed by atoms with Gasteiger partial charge in [0.05, 0.1) is 11.6 Å². The zero-order valence-electron chi connectivity index (χ0n) is 13.6. The summed E-state index contributed by atoms with van der Waals surface area (Å²) in [5, 5.41) is 12.6. The monoisotopic (exact) mass is 404 g/mol. The fraction of sp³-hybridized carbons (Fsp3) is 0.222. The maximum absolute atomic E-state index is 12.4. The summed E-state index contributed by atoms with van der Waals surface area (Å²) in [5.74, 6) is -0.0528. The molecule has 7 heteroatoms. The number of ether oxygens (including phenoxy) is 1. The van der Waals surface area contributed by atoms with Gasteiger partial charge in [0.2, 0.25) is 5.91 Å². The molecule has 130 valence electrons. The Balaban J connectivity index is 1.75. The first-order chi connectivity index (χ1) is 12.0. The van der Waals surface area contributed by atoms with Crippen molar-refractivity contribution in [2.24, 2.45) is 0 Å². The van der Waals surface area contributed by atoms with Crippen molar-refractivity contribution in [1.82, 2.24) is 0 Å². The van der Waals surface area contributed by atoms with Gasteiger partial charge < -0.3 is 20.1 Å². The minimum absolute atomic E-state index is 0.0568. The second-order valence-corrected chi connectivity index (χ2v) is 6.51. The number of anilines is 2. The lowest BCUT2D eigenvalue weighted by Gasteiger charge is -2.16. The van der Waals surface area contributed by atoms with E-state index in [9.17, 15) is 14.7 Å². The average Bonchev–Trinajstić information content (AvgIpc) is 3.04. The Morgan fingerprint density at radius 1 is 1.28 bits per heavy atom. The van der Waals surface area contributed by atoms with Crippen LogP contribution < -0.4 is 15.0 Å². The van der Waals surface area contributed by atoms with E-state index in [1.54, 1.807) is 17.0 Å². The maximum Gasteiger partial charge on any atom is 0.255 e. The molecule has 0 bridgehead atoms. The third kappa shape index (κ3) is 3.61. The number of carbonyl (C=O) groups is 2. The molecule has 0 aromatic heterocycles. The molecule has 1 aliphatic rings. The third-order valence-electron chi connectivity index (χ3n) is 4.02. The van der Waals surface area contributed by atoms with Gasteiger partial charge >= 0.3 is 0 Å². The fourth-order valence-corrected chi connectivity index (χ4v) is 3.15. The largest absolute Gasteiger partial charge is 0.503 e. The number of nitrogens with zero attached hydrogens (tertiary/aromatic N) is 1. The molecule has 0 unspecified atom stereocenters. The van der Waals surface area contributed by atoms with Crippen LogP contribution in [0, 0.1) is 0 Å². The lowest BCUT2D eigenvalue weighted by atomic mass is 10.1. The van der Waals surface area contributed by atoms with Gasteiger partial charge in [0.1, 0.15) is 0 Å². The molecular weight excluding hydrogens is 388 g/mol. The summed E-state index contributed by atoms with van der Waals surface area (Å²) in [6, 6.07) is 10.1. The molecule has 0 saturated carbocycles. The summed E-state index contributed by atoms with van der Waals surface area (Å²) in [7, 11) is 1.42. The first kappa shape index (κ1) is 17.3. The van der Waals surface area contributed by atoms with Gasteiger partial charge in [0, 0.05) is 29.9 Å². The lowest BCUT2D eigenvalue weighted by Crippen LogP contribution is -2.23. The predicted molar refractivity (Wildman–Crippen MR) is 98.3 cm³/mol. The van der Waals surface area contributed by atoms with E-state index in [2.05, 4.69) is 21.2 Å². The van der Waals surface area contributed by atoms with Gasteiger partial charge in [-0.25, -0.2) is 0 Å². The molecule has 0 aliphatic carbocycles. The van der Waals surface area contributed by atoms with Gasteiger partial charge in [-0.05, 0) is 58.7 Å².